The van der Waals surface area contributed by atoms with Crippen molar-refractivity contribution in [1.82, 2.24) is 9.88 Å². The lowest BCUT2D eigenvalue weighted by Crippen LogP contribution is -2.36. The first-order valence-electron chi connectivity index (χ1n) is 8.62. The van der Waals surface area contributed by atoms with Gasteiger partial charge in [-0.05, 0) is 58.0 Å². The first-order valence-corrected chi connectivity index (χ1v) is 8.62. The third-order valence-electron chi connectivity index (χ3n) is 4.95. The first kappa shape index (κ1) is 18.2. The molecule has 0 amide bonds. The van der Waals surface area contributed by atoms with Gasteiger partial charge in [0, 0.05) is 17.8 Å². The minimum atomic E-state index is -0.336. The van der Waals surface area contributed by atoms with Gasteiger partial charge in [0.1, 0.15) is 0 Å². The number of carbonyl (C=O) groups is 2. The number of likely N-dealkylation sites (N-methyl/N-ethyl adjacent to an activating group) is 1. The summed E-state index contributed by atoms with van der Waals surface area (Å²) in [7, 11) is 1.91. The Kier molecular flexibility index (Phi) is 4.87. The average molecular weight is 356 g/mol. The Morgan fingerprint density at radius 1 is 1.23 bits per heavy atom. The molecule has 0 saturated heterocycles. The lowest BCUT2D eigenvalue weighted by Gasteiger charge is -2.23. The molecule has 6 nitrogen and oxygen atoms in total. The molecule has 0 spiro atoms. The molecule has 0 radical (unpaired) electrons. The molecule has 26 heavy (non-hydrogen) atoms. The molecule has 0 bridgehead atoms. The fourth-order valence-corrected chi connectivity index (χ4v) is 3.40. The Morgan fingerprint density at radius 3 is 2.58 bits per heavy atom. The van der Waals surface area contributed by atoms with Crippen LogP contribution in [0.1, 0.15) is 51.5 Å². The average Bonchev–Trinajstić information content (AvgIpc) is 3.16. The van der Waals surface area contributed by atoms with E-state index in [0.29, 0.717) is 17.8 Å². The summed E-state index contributed by atoms with van der Waals surface area (Å²) in [6.45, 7) is 7.87. The van der Waals surface area contributed by atoms with Gasteiger partial charge in [0.15, 0.2) is 23.1 Å². The predicted molar refractivity (Wildman–Crippen MR) is 98.1 cm³/mol. The van der Waals surface area contributed by atoms with Crippen molar-refractivity contribution in [2.24, 2.45) is 0 Å². The highest BCUT2D eigenvalue weighted by atomic mass is 16.7. The molecule has 2 heterocycles. The zero-order chi connectivity index (χ0) is 19.0. The molecule has 1 aromatic heterocycles. The zero-order valence-corrected chi connectivity index (χ0v) is 15.8. The van der Waals surface area contributed by atoms with E-state index in [2.05, 4.69) is 4.98 Å². The number of fused-ring (bicyclic) bond motifs is 1. The number of Topliss-reactive ketones (excluding diaryl/α,β-unsaturated/α-hetero) is 2. The van der Waals surface area contributed by atoms with E-state index in [-0.39, 0.29) is 24.4 Å². The third kappa shape index (κ3) is 3.24. The topological polar surface area (TPSA) is 71.6 Å². The molecule has 1 aromatic carbocycles. The van der Waals surface area contributed by atoms with E-state index in [4.69, 9.17) is 9.47 Å². The Hall–Kier alpha value is -2.60. The molecule has 6 heteroatoms. The van der Waals surface area contributed by atoms with Crippen LogP contribution in [0.4, 0.5) is 0 Å². The van der Waals surface area contributed by atoms with Crippen molar-refractivity contribution < 1.29 is 19.1 Å². The number of aryl methyl sites for hydroxylation is 1. The fraction of sp³-hybridized carbons (Fsp3) is 0.400. The second-order valence-electron chi connectivity index (χ2n) is 6.82. The van der Waals surface area contributed by atoms with E-state index in [0.717, 1.165) is 28.3 Å². The molecule has 1 aliphatic heterocycles. The molecule has 0 saturated carbocycles. The van der Waals surface area contributed by atoms with Gasteiger partial charge in [0.25, 0.3) is 0 Å². The van der Waals surface area contributed by atoms with Crippen LogP contribution in [0, 0.1) is 13.8 Å². The lowest BCUT2D eigenvalue weighted by atomic mass is 10.0. The molecular formula is C20H24N2O4. The Morgan fingerprint density at radius 2 is 1.92 bits per heavy atom. The van der Waals surface area contributed by atoms with E-state index < -0.39 is 0 Å². The van der Waals surface area contributed by atoms with Crippen molar-refractivity contribution in [3.05, 3.63) is 46.3 Å². The molecule has 1 atom stereocenters. The number of nitrogens with one attached hydrogen (secondary N) is 1. The van der Waals surface area contributed by atoms with Gasteiger partial charge in [0.2, 0.25) is 6.79 Å². The zero-order valence-electron chi connectivity index (χ0n) is 15.8. The van der Waals surface area contributed by atoms with E-state index in [1.165, 1.54) is 6.92 Å². The smallest absolute Gasteiger partial charge is 0.231 e. The van der Waals surface area contributed by atoms with Crippen molar-refractivity contribution in [2.45, 2.75) is 40.3 Å². The van der Waals surface area contributed by atoms with Crippen LogP contribution >= 0.6 is 0 Å². The number of hydrogen-bond donors (Lipinski definition) is 1. The van der Waals surface area contributed by atoms with E-state index in [9.17, 15) is 9.59 Å². The lowest BCUT2D eigenvalue weighted by molar-refractivity contribution is 0.0856. The maximum atomic E-state index is 12.9. The molecule has 2 aromatic rings. The summed E-state index contributed by atoms with van der Waals surface area (Å²) in [4.78, 5) is 29.8. The summed E-state index contributed by atoms with van der Waals surface area (Å²) in [5.41, 5.74) is 3.63. The number of ketones is 2. The van der Waals surface area contributed by atoms with Crippen LogP contribution in [-0.4, -0.2) is 41.3 Å². The molecule has 3 rings (SSSR count). The van der Waals surface area contributed by atoms with Gasteiger partial charge in [-0.3, -0.25) is 14.5 Å². The quantitative estimate of drug-likeness (QED) is 0.805. The van der Waals surface area contributed by atoms with Crippen LogP contribution in [0.15, 0.2) is 18.2 Å². The Labute approximate surface area is 153 Å². The number of carbonyl (C=O) groups excluding carboxylic acids is 2. The number of H-pyrrole nitrogens is 1. The number of nitrogens with zero attached hydrogens (tertiary/aromatic N) is 1. The van der Waals surface area contributed by atoms with E-state index in [1.54, 1.807) is 0 Å². The summed E-state index contributed by atoms with van der Waals surface area (Å²) >= 11 is 0. The van der Waals surface area contributed by atoms with Gasteiger partial charge in [-0.2, -0.15) is 0 Å². The van der Waals surface area contributed by atoms with E-state index in [1.807, 2.05) is 50.9 Å². The molecular weight excluding hydrogens is 332 g/mol. The van der Waals surface area contributed by atoms with Crippen molar-refractivity contribution in [2.75, 3.05) is 13.8 Å². The van der Waals surface area contributed by atoms with Crippen LogP contribution in [-0.2, 0) is 6.54 Å². The fourth-order valence-electron chi connectivity index (χ4n) is 3.40. The van der Waals surface area contributed by atoms with Gasteiger partial charge in [-0.1, -0.05) is 6.07 Å². The molecule has 0 unspecified atom stereocenters. The molecule has 1 aliphatic rings. The minimum Gasteiger partial charge on any atom is -0.454 e. The van der Waals surface area contributed by atoms with Crippen LogP contribution < -0.4 is 9.47 Å². The molecule has 0 fully saturated rings. The van der Waals surface area contributed by atoms with E-state index >= 15 is 0 Å². The van der Waals surface area contributed by atoms with Crippen molar-refractivity contribution >= 4 is 11.6 Å². The standard InChI is InChI=1S/C20H24N2O4/c1-11-18(14(4)23)12(2)21-19(11)20(24)13(3)22(5)9-15-6-7-16-17(8-15)26-10-25-16/h6-8,13,21H,9-10H2,1-5H3/t13-/m0/s1. The van der Waals surface area contributed by atoms with Crippen LogP contribution in [0.3, 0.4) is 0 Å². The first-order chi connectivity index (χ1) is 12.3. The third-order valence-corrected chi connectivity index (χ3v) is 4.95. The molecule has 1 N–H and O–H groups in total. The molecule has 138 valence electrons. The summed E-state index contributed by atoms with van der Waals surface area (Å²) < 4.78 is 10.7. The van der Waals surface area contributed by atoms with Gasteiger partial charge in [-0.25, -0.2) is 0 Å². The number of hydrogen-bond acceptors (Lipinski definition) is 5. The number of rotatable bonds is 6. The van der Waals surface area contributed by atoms with Gasteiger partial charge < -0.3 is 14.5 Å². The normalized spacial score (nSPS) is 13.9. The van der Waals surface area contributed by atoms with Gasteiger partial charge in [-0.15, -0.1) is 0 Å². The van der Waals surface area contributed by atoms with Gasteiger partial charge in [0.05, 0.1) is 11.7 Å². The highest BCUT2D eigenvalue weighted by Crippen LogP contribution is 2.33. The SMILES string of the molecule is CC(=O)c1c(C)[nH]c(C(=O)[C@H](C)N(C)Cc2ccc3c(c2)OCO3)c1C. The second-order valence-corrected chi connectivity index (χ2v) is 6.82. The Bertz CT molecular complexity index is 869. The van der Waals surface area contributed by atoms with Crippen molar-refractivity contribution in [3.8, 4) is 11.5 Å². The maximum absolute atomic E-state index is 12.9. The van der Waals surface area contributed by atoms with Crippen LogP contribution in [0.25, 0.3) is 0 Å². The summed E-state index contributed by atoms with van der Waals surface area (Å²) in [5, 5.41) is 0. The highest BCUT2D eigenvalue weighted by molar-refractivity contribution is 6.05. The van der Waals surface area contributed by atoms with Gasteiger partial charge >= 0.3 is 0 Å². The highest BCUT2D eigenvalue weighted by Gasteiger charge is 2.26. The van der Waals surface area contributed by atoms with Crippen molar-refractivity contribution in [3.63, 3.8) is 0 Å². The minimum absolute atomic E-state index is 0.0265. The van der Waals surface area contributed by atoms with Crippen LogP contribution in [0.2, 0.25) is 0 Å². The maximum Gasteiger partial charge on any atom is 0.231 e. The number of aromatic nitrogens is 1. The van der Waals surface area contributed by atoms with Crippen LogP contribution in [0.5, 0.6) is 11.5 Å². The second kappa shape index (κ2) is 6.96. The summed E-state index contributed by atoms with van der Waals surface area (Å²) in [5.74, 6) is 1.42. The predicted octanol–water partition coefficient (Wildman–Crippen LogP) is 3.27. The number of ether oxygens (including phenoxy) is 2. The summed E-state index contributed by atoms with van der Waals surface area (Å²) in [6.07, 6.45) is 0. The van der Waals surface area contributed by atoms with Crippen molar-refractivity contribution in [1.29, 1.82) is 0 Å². The number of benzene rings is 1. The Balaban J connectivity index is 1.76. The molecule has 0 aliphatic carbocycles. The summed E-state index contributed by atoms with van der Waals surface area (Å²) in [6, 6.07) is 5.46. The monoisotopic (exact) mass is 356 g/mol. The number of aromatic amines is 1. The largest absolute Gasteiger partial charge is 0.454 e.